The van der Waals surface area contributed by atoms with Crippen molar-refractivity contribution in [1.82, 2.24) is 0 Å². The molecule has 0 heterocycles. The van der Waals surface area contributed by atoms with Crippen LogP contribution in [0.15, 0.2) is 42.5 Å². The highest BCUT2D eigenvalue weighted by atomic mass is 32.2. The molecule has 0 atom stereocenters. The number of hydrogen-bond acceptors (Lipinski definition) is 2. The molecule has 136 valence electrons. The third-order valence-corrected chi connectivity index (χ3v) is 4.72. The minimum Gasteiger partial charge on any atom is -0.342 e. The van der Waals surface area contributed by atoms with Gasteiger partial charge >= 0.3 is 0 Å². The smallest absolute Gasteiger partial charge is 0.229 e. The van der Waals surface area contributed by atoms with E-state index in [1.165, 1.54) is 23.1 Å². The zero-order chi connectivity index (χ0) is 18.4. The number of aryl methyl sites for hydroxylation is 1. The third-order valence-electron chi connectivity index (χ3n) is 4.12. The summed E-state index contributed by atoms with van der Waals surface area (Å²) in [6.07, 6.45) is 2.40. The van der Waals surface area contributed by atoms with E-state index in [-0.39, 0.29) is 0 Å². The largest absolute Gasteiger partial charge is 0.342 e. The standard InChI is InChI=1S/C20H28N2O2S/c1-15(2)11-12-21-14-17-5-10-20(16(3)13-17)18-6-8-19(9-7-18)22-25(4,23)24/h5-10,13,15,21-22H,11-12,14H2,1-4H3/p+1. The lowest BCUT2D eigenvalue weighted by atomic mass is 9.98. The van der Waals surface area contributed by atoms with E-state index >= 15 is 0 Å². The second-order valence-electron chi connectivity index (χ2n) is 7.06. The van der Waals surface area contributed by atoms with E-state index in [1.54, 1.807) is 12.1 Å². The molecular formula is C20H29N2O2S+. The lowest BCUT2D eigenvalue weighted by molar-refractivity contribution is -0.671. The second kappa shape index (κ2) is 8.50. The zero-order valence-corrected chi connectivity index (χ0v) is 16.4. The zero-order valence-electron chi connectivity index (χ0n) is 15.5. The van der Waals surface area contributed by atoms with Gasteiger partial charge < -0.3 is 5.32 Å². The van der Waals surface area contributed by atoms with Gasteiger partial charge in [-0.25, -0.2) is 8.42 Å². The first-order valence-corrected chi connectivity index (χ1v) is 10.6. The minimum atomic E-state index is -3.24. The summed E-state index contributed by atoms with van der Waals surface area (Å²) in [5.41, 5.74) is 5.42. The van der Waals surface area contributed by atoms with Crippen LogP contribution in [0.3, 0.4) is 0 Å². The number of rotatable bonds is 8. The summed E-state index contributed by atoms with van der Waals surface area (Å²) in [5.74, 6) is 0.750. The number of benzene rings is 2. The van der Waals surface area contributed by atoms with Crippen LogP contribution in [0, 0.1) is 12.8 Å². The molecule has 0 saturated carbocycles. The van der Waals surface area contributed by atoms with E-state index in [0.29, 0.717) is 5.69 Å². The summed E-state index contributed by atoms with van der Waals surface area (Å²) in [7, 11) is -3.24. The van der Waals surface area contributed by atoms with Crippen LogP contribution in [0.4, 0.5) is 5.69 Å². The number of hydrogen-bond donors (Lipinski definition) is 2. The van der Waals surface area contributed by atoms with Gasteiger partial charge in [-0.05, 0) is 54.2 Å². The van der Waals surface area contributed by atoms with Crippen molar-refractivity contribution in [3.63, 3.8) is 0 Å². The average Bonchev–Trinajstić information content (AvgIpc) is 2.51. The first-order chi connectivity index (χ1) is 11.7. The average molecular weight is 362 g/mol. The summed E-state index contributed by atoms with van der Waals surface area (Å²) in [5, 5.41) is 2.36. The highest BCUT2D eigenvalue weighted by Crippen LogP contribution is 2.25. The monoisotopic (exact) mass is 361 g/mol. The fourth-order valence-electron chi connectivity index (χ4n) is 2.83. The molecule has 3 N–H and O–H groups in total. The van der Waals surface area contributed by atoms with E-state index in [2.05, 4.69) is 49.0 Å². The number of sulfonamides is 1. The molecule has 0 saturated heterocycles. The molecule has 0 radical (unpaired) electrons. The van der Waals surface area contributed by atoms with Crippen LogP contribution in [0.1, 0.15) is 31.4 Å². The van der Waals surface area contributed by atoms with Crippen molar-refractivity contribution in [2.45, 2.75) is 33.7 Å². The Kier molecular flexibility index (Phi) is 6.62. The van der Waals surface area contributed by atoms with Crippen molar-refractivity contribution in [1.29, 1.82) is 0 Å². The maximum Gasteiger partial charge on any atom is 0.229 e. The van der Waals surface area contributed by atoms with Crippen LogP contribution >= 0.6 is 0 Å². The highest BCUT2D eigenvalue weighted by molar-refractivity contribution is 7.92. The van der Waals surface area contributed by atoms with Crippen molar-refractivity contribution in [3.8, 4) is 11.1 Å². The molecule has 0 aromatic heterocycles. The first kappa shape index (κ1) is 19.5. The topological polar surface area (TPSA) is 62.8 Å². The molecule has 0 bridgehead atoms. The quantitative estimate of drug-likeness (QED) is 0.710. The van der Waals surface area contributed by atoms with Gasteiger partial charge in [-0.15, -0.1) is 0 Å². The molecular weight excluding hydrogens is 332 g/mol. The Bertz CT molecular complexity index is 797. The molecule has 2 aromatic carbocycles. The molecule has 0 fully saturated rings. The Morgan fingerprint density at radius 3 is 2.32 bits per heavy atom. The minimum absolute atomic E-state index is 0.584. The molecule has 4 nitrogen and oxygen atoms in total. The van der Waals surface area contributed by atoms with Gasteiger partial charge in [0.1, 0.15) is 6.54 Å². The molecule has 2 aromatic rings. The fourth-order valence-corrected chi connectivity index (χ4v) is 3.39. The molecule has 2 rings (SSSR count). The van der Waals surface area contributed by atoms with E-state index in [0.717, 1.165) is 30.8 Å². The Balaban J connectivity index is 2.05. The first-order valence-electron chi connectivity index (χ1n) is 8.74. The predicted octanol–water partition coefficient (Wildman–Crippen LogP) is 3.14. The molecule has 0 amide bonds. The predicted molar refractivity (Wildman–Crippen MR) is 105 cm³/mol. The molecule has 0 aliphatic rings. The van der Waals surface area contributed by atoms with Crippen LogP contribution in [0.5, 0.6) is 0 Å². The Labute approximate surface area is 151 Å². The van der Waals surface area contributed by atoms with E-state index in [9.17, 15) is 8.42 Å². The van der Waals surface area contributed by atoms with Gasteiger partial charge in [0.25, 0.3) is 0 Å². The van der Waals surface area contributed by atoms with Crippen molar-refractivity contribution < 1.29 is 13.7 Å². The number of anilines is 1. The van der Waals surface area contributed by atoms with Crippen molar-refractivity contribution >= 4 is 15.7 Å². The highest BCUT2D eigenvalue weighted by Gasteiger charge is 2.06. The number of nitrogens with two attached hydrogens (primary N) is 1. The van der Waals surface area contributed by atoms with Gasteiger partial charge in [-0.2, -0.15) is 0 Å². The number of nitrogens with one attached hydrogen (secondary N) is 1. The molecule has 25 heavy (non-hydrogen) atoms. The molecule has 0 spiro atoms. The SMILES string of the molecule is Cc1cc(C[NH2+]CCC(C)C)ccc1-c1ccc(NS(C)(=O)=O)cc1. The van der Waals surface area contributed by atoms with Crippen molar-refractivity contribution in [2.75, 3.05) is 17.5 Å². The lowest BCUT2D eigenvalue weighted by Crippen LogP contribution is -2.82. The third kappa shape index (κ3) is 6.52. The normalized spacial score (nSPS) is 11.7. The van der Waals surface area contributed by atoms with Crippen LogP contribution in [-0.4, -0.2) is 21.2 Å². The van der Waals surface area contributed by atoms with Gasteiger partial charge in [-0.1, -0.05) is 38.1 Å². The second-order valence-corrected chi connectivity index (χ2v) is 8.81. The Hall–Kier alpha value is -1.85. The molecule has 0 aliphatic carbocycles. The van der Waals surface area contributed by atoms with E-state index < -0.39 is 10.0 Å². The fraction of sp³-hybridized carbons (Fsp3) is 0.400. The molecule has 5 heteroatoms. The summed E-state index contributed by atoms with van der Waals surface area (Å²) >= 11 is 0. The van der Waals surface area contributed by atoms with E-state index in [1.807, 2.05) is 12.1 Å². The van der Waals surface area contributed by atoms with Crippen LogP contribution in [-0.2, 0) is 16.6 Å². The Morgan fingerprint density at radius 1 is 1.08 bits per heavy atom. The maximum absolute atomic E-state index is 11.3. The van der Waals surface area contributed by atoms with Gasteiger partial charge in [0, 0.05) is 11.3 Å². The van der Waals surface area contributed by atoms with E-state index in [4.69, 9.17) is 0 Å². The molecule has 0 unspecified atom stereocenters. The molecule has 0 aliphatic heterocycles. The Morgan fingerprint density at radius 2 is 1.76 bits per heavy atom. The summed E-state index contributed by atoms with van der Waals surface area (Å²) < 4.78 is 25.0. The van der Waals surface area contributed by atoms with Crippen LogP contribution in [0.2, 0.25) is 0 Å². The number of quaternary nitrogens is 1. The maximum atomic E-state index is 11.3. The summed E-state index contributed by atoms with van der Waals surface area (Å²) in [6.45, 7) is 8.79. The van der Waals surface area contributed by atoms with Crippen molar-refractivity contribution in [3.05, 3.63) is 53.6 Å². The van der Waals surface area contributed by atoms with Gasteiger partial charge in [0.15, 0.2) is 0 Å². The lowest BCUT2D eigenvalue weighted by Gasteiger charge is -2.10. The summed E-state index contributed by atoms with van der Waals surface area (Å²) in [4.78, 5) is 0. The van der Waals surface area contributed by atoms with Crippen LogP contribution in [0.25, 0.3) is 11.1 Å². The van der Waals surface area contributed by atoms with Gasteiger partial charge in [0.2, 0.25) is 10.0 Å². The summed E-state index contributed by atoms with van der Waals surface area (Å²) in [6, 6.07) is 14.1. The van der Waals surface area contributed by atoms with Gasteiger partial charge in [-0.3, -0.25) is 4.72 Å². The van der Waals surface area contributed by atoms with Crippen molar-refractivity contribution in [2.24, 2.45) is 5.92 Å². The van der Waals surface area contributed by atoms with Crippen LogP contribution < -0.4 is 10.0 Å². The van der Waals surface area contributed by atoms with Gasteiger partial charge in [0.05, 0.1) is 12.8 Å².